The molecule has 0 radical (unpaired) electrons. The van der Waals surface area contributed by atoms with Gasteiger partial charge in [-0.05, 0) is 33.1 Å². The Morgan fingerprint density at radius 3 is 2.48 bits per heavy atom. The number of rotatable bonds is 7. The number of likely N-dealkylation sites (tertiary alicyclic amines) is 1. The summed E-state index contributed by atoms with van der Waals surface area (Å²) in [5, 5.41) is 9.55. The van der Waals surface area contributed by atoms with Crippen LogP contribution in [0.4, 0.5) is 0 Å². The first-order valence-corrected chi connectivity index (χ1v) is 8.53. The lowest BCUT2D eigenvalue weighted by Gasteiger charge is -2.21. The largest absolute Gasteiger partial charge is 0.357 e. The Morgan fingerprint density at radius 1 is 1.26 bits per heavy atom. The van der Waals surface area contributed by atoms with Gasteiger partial charge in [-0.1, -0.05) is 13.8 Å². The lowest BCUT2D eigenvalue weighted by molar-refractivity contribution is -0.119. The Balaban J connectivity index is 0.00000484. The van der Waals surface area contributed by atoms with E-state index in [1.165, 1.54) is 0 Å². The number of hydrogen-bond donors (Lipinski definition) is 3. The quantitative estimate of drug-likeness (QED) is 0.319. The number of amides is 1. The van der Waals surface area contributed by atoms with Crippen LogP contribution in [0.5, 0.6) is 0 Å². The molecule has 1 aliphatic rings. The molecule has 23 heavy (non-hydrogen) atoms. The van der Waals surface area contributed by atoms with E-state index in [-0.39, 0.29) is 36.4 Å². The van der Waals surface area contributed by atoms with Crippen LogP contribution in [0.25, 0.3) is 0 Å². The Labute approximate surface area is 158 Å². The summed E-state index contributed by atoms with van der Waals surface area (Å²) in [7, 11) is 0. The van der Waals surface area contributed by atoms with Gasteiger partial charge in [0.2, 0.25) is 5.91 Å². The van der Waals surface area contributed by atoms with Crippen LogP contribution in [0.3, 0.4) is 0 Å². The first-order chi connectivity index (χ1) is 10.5. The van der Waals surface area contributed by atoms with E-state index in [0.29, 0.717) is 24.5 Å². The third-order valence-electron chi connectivity index (χ3n) is 3.99. The van der Waals surface area contributed by atoms with Gasteiger partial charge in [0.15, 0.2) is 5.96 Å². The van der Waals surface area contributed by atoms with Gasteiger partial charge in [-0.25, -0.2) is 4.99 Å². The number of guanidine groups is 1. The van der Waals surface area contributed by atoms with Crippen LogP contribution >= 0.6 is 24.0 Å². The van der Waals surface area contributed by atoms with Crippen LogP contribution < -0.4 is 16.0 Å². The third-order valence-corrected chi connectivity index (χ3v) is 3.99. The Morgan fingerprint density at radius 2 is 1.96 bits per heavy atom. The van der Waals surface area contributed by atoms with Crippen molar-refractivity contribution in [3.05, 3.63) is 0 Å². The van der Waals surface area contributed by atoms with Crippen molar-refractivity contribution in [1.82, 2.24) is 20.9 Å². The third kappa shape index (κ3) is 8.19. The van der Waals surface area contributed by atoms with Crippen molar-refractivity contribution in [1.29, 1.82) is 0 Å². The molecule has 7 heteroatoms. The molecule has 0 spiro atoms. The van der Waals surface area contributed by atoms with Crippen molar-refractivity contribution >= 4 is 35.8 Å². The van der Waals surface area contributed by atoms with Crippen LogP contribution in [-0.2, 0) is 4.79 Å². The monoisotopic (exact) mass is 439 g/mol. The van der Waals surface area contributed by atoms with Crippen molar-refractivity contribution in [2.45, 2.75) is 53.1 Å². The fraction of sp³-hybridized carbons (Fsp3) is 0.875. The van der Waals surface area contributed by atoms with Crippen LogP contribution in [0.1, 0.15) is 41.0 Å². The van der Waals surface area contributed by atoms with Gasteiger partial charge < -0.3 is 16.0 Å². The van der Waals surface area contributed by atoms with Crippen LogP contribution in [-0.4, -0.2) is 61.6 Å². The minimum Gasteiger partial charge on any atom is -0.357 e. The Bertz CT molecular complexity index is 375. The zero-order valence-electron chi connectivity index (χ0n) is 15.2. The summed E-state index contributed by atoms with van der Waals surface area (Å²) in [6.07, 6.45) is 0.943. The van der Waals surface area contributed by atoms with Crippen molar-refractivity contribution < 1.29 is 4.79 Å². The molecule has 1 saturated heterocycles. The van der Waals surface area contributed by atoms with E-state index in [0.717, 1.165) is 32.0 Å². The number of nitrogens with zero attached hydrogens (tertiary/aromatic N) is 2. The van der Waals surface area contributed by atoms with Crippen molar-refractivity contribution in [3.63, 3.8) is 0 Å². The molecule has 0 aliphatic carbocycles. The summed E-state index contributed by atoms with van der Waals surface area (Å²) >= 11 is 0. The number of carbonyl (C=O) groups excluding carboxylic acids is 1. The van der Waals surface area contributed by atoms with Gasteiger partial charge in [-0.3, -0.25) is 9.69 Å². The second kappa shape index (κ2) is 11.9. The molecule has 0 aromatic carbocycles. The molecule has 1 heterocycles. The maximum absolute atomic E-state index is 11.7. The van der Waals surface area contributed by atoms with Gasteiger partial charge in [0, 0.05) is 38.3 Å². The maximum Gasteiger partial charge on any atom is 0.241 e. The van der Waals surface area contributed by atoms with Gasteiger partial charge in [-0.15, -0.1) is 24.0 Å². The second-order valence-electron chi connectivity index (χ2n) is 6.32. The summed E-state index contributed by atoms with van der Waals surface area (Å²) in [6.45, 7) is 14.6. The fourth-order valence-electron chi connectivity index (χ4n) is 2.58. The first-order valence-electron chi connectivity index (χ1n) is 8.53. The van der Waals surface area contributed by atoms with E-state index >= 15 is 0 Å². The molecule has 0 saturated carbocycles. The molecule has 0 bridgehead atoms. The topological polar surface area (TPSA) is 68.8 Å². The summed E-state index contributed by atoms with van der Waals surface area (Å²) in [4.78, 5) is 18.5. The molecule has 3 N–H and O–H groups in total. The molecular weight excluding hydrogens is 405 g/mol. The van der Waals surface area contributed by atoms with Gasteiger partial charge in [0.05, 0.1) is 0 Å². The summed E-state index contributed by atoms with van der Waals surface area (Å²) < 4.78 is 0. The van der Waals surface area contributed by atoms with E-state index < -0.39 is 0 Å². The zero-order chi connectivity index (χ0) is 16.5. The lowest BCUT2D eigenvalue weighted by atomic mass is 10.1. The van der Waals surface area contributed by atoms with Gasteiger partial charge in [0.25, 0.3) is 0 Å². The number of nitrogens with one attached hydrogen (secondary N) is 3. The van der Waals surface area contributed by atoms with Gasteiger partial charge in [-0.2, -0.15) is 0 Å². The lowest BCUT2D eigenvalue weighted by Crippen LogP contribution is -2.47. The van der Waals surface area contributed by atoms with E-state index in [4.69, 9.17) is 0 Å². The SMILES string of the molecule is CCCNC(=O)CN=C(NCC)NC1CN(C(C)C)CC1C.I. The number of hydrogen-bond acceptors (Lipinski definition) is 3. The number of halogens is 1. The minimum absolute atomic E-state index is 0. The molecule has 1 rings (SSSR count). The first kappa shape index (κ1) is 22.4. The summed E-state index contributed by atoms with van der Waals surface area (Å²) in [5.41, 5.74) is 0. The molecule has 0 aromatic rings. The summed E-state index contributed by atoms with van der Waals surface area (Å²) in [5.74, 6) is 1.28. The Kier molecular flexibility index (Phi) is 11.6. The number of aliphatic imine (C=N–C) groups is 1. The van der Waals surface area contributed by atoms with E-state index in [2.05, 4.69) is 46.6 Å². The average molecular weight is 439 g/mol. The highest BCUT2D eigenvalue weighted by Gasteiger charge is 2.31. The highest BCUT2D eigenvalue weighted by atomic mass is 127. The molecule has 0 aromatic heterocycles. The average Bonchev–Trinajstić information content (AvgIpc) is 2.84. The fourth-order valence-corrected chi connectivity index (χ4v) is 2.58. The molecule has 2 unspecified atom stereocenters. The molecule has 2 atom stereocenters. The van der Waals surface area contributed by atoms with Crippen LogP contribution in [0.15, 0.2) is 4.99 Å². The minimum atomic E-state index is -0.0256. The highest BCUT2D eigenvalue weighted by molar-refractivity contribution is 14.0. The van der Waals surface area contributed by atoms with Gasteiger partial charge in [0.1, 0.15) is 6.54 Å². The Hall–Kier alpha value is -0.570. The zero-order valence-corrected chi connectivity index (χ0v) is 17.5. The standard InChI is InChI=1S/C16H33N5O.HI/c1-6-8-18-15(22)9-19-16(17-7-2)20-14-11-21(12(3)4)10-13(14)5;/h12-14H,6-11H2,1-5H3,(H,18,22)(H2,17,19,20);1H. The highest BCUT2D eigenvalue weighted by Crippen LogP contribution is 2.18. The normalized spacial score (nSPS) is 21.9. The summed E-state index contributed by atoms with van der Waals surface area (Å²) in [6, 6.07) is 0.937. The van der Waals surface area contributed by atoms with Gasteiger partial charge >= 0.3 is 0 Å². The molecule has 1 amide bonds. The van der Waals surface area contributed by atoms with Crippen LogP contribution in [0.2, 0.25) is 0 Å². The molecular formula is C16H34IN5O. The van der Waals surface area contributed by atoms with Crippen molar-refractivity contribution in [2.75, 3.05) is 32.7 Å². The molecule has 136 valence electrons. The second-order valence-corrected chi connectivity index (χ2v) is 6.32. The van der Waals surface area contributed by atoms with Crippen LogP contribution in [0, 0.1) is 5.92 Å². The van der Waals surface area contributed by atoms with E-state index in [9.17, 15) is 4.79 Å². The number of carbonyl (C=O) groups is 1. The smallest absolute Gasteiger partial charge is 0.241 e. The molecule has 1 aliphatic heterocycles. The van der Waals surface area contributed by atoms with Crippen molar-refractivity contribution in [2.24, 2.45) is 10.9 Å². The predicted octanol–water partition coefficient (Wildman–Crippen LogP) is 1.41. The molecule has 6 nitrogen and oxygen atoms in total. The van der Waals surface area contributed by atoms with Crippen molar-refractivity contribution in [3.8, 4) is 0 Å². The van der Waals surface area contributed by atoms with E-state index in [1.54, 1.807) is 0 Å². The molecule has 1 fully saturated rings. The predicted molar refractivity (Wildman–Crippen MR) is 107 cm³/mol. The maximum atomic E-state index is 11.7. The van der Waals surface area contributed by atoms with E-state index in [1.807, 2.05) is 13.8 Å².